The zero-order valence-corrected chi connectivity index (χ0v) is 21.0. The molecule has 0 radical (unpaired) electrons. The van der Waals surface area contributed by atoms with E-state index in [0.29, 0.717) is 0 Å². The van der Waals surface area contributed by atoms with Crippen LogP contribution in [0.2, 0.25) is 26.2 Å². The molecular weight excluding hydrogens is 368 g/mol. The van der Waals surface area contributed by atoms with Crippen LogP contribution in [0.3, 0.4) is 0 Å². The highest BCUT2D eigenvalue weighted by atomic mass is 28.5. The Kier molecular flexibility index (Phi) is 16.6. The first-order valence-corrected chi connectivity index (χ1v) is 16.7. The van der Waals surface area contributed by atoms with Crippen molar-refractivity contribution in [3.8, 4) is 0 Å². The SMILES string of the molecule is CCCCC/C=C\CCO[Si](C)(C)O[Si](C)(C)OCC/C=C\CCCCC. The highest BCUT2D eigenvalue weighted by Crippen LogP contribution is 2.17. The van der Waals surface area contributed by atoms with Crippen LogP contribution in [0.4, 0.5) is 0 Å². The van der Waals surface area contributed by atoms with Crippen molar-refractivity contribution in [2.75, 3.05) is 13.2 Å². The van der Waals surface area contributed by atoms with E-state index >= 15 is 0 Å². The Bertz CT molecular complexity index is 357. The van der Waals surface area contributed by atoms with Crippen LogP contribution in [0.1, 0.15) is 78.1 Å². The molecule has 0 amide bonds. The van der Waals surface area contributed by atoms with Crippen molar-refractivity contribution in [1.29, 1.82) is 0 Å². The number of allylic oxidation sites excluding steroid dienone is 2. The van der Waals surface area contributed by atoms with Gasteiger partial charge in [-0.1, -0.05) is 63.8 Å². The summed E-state index contributed by atoms with van der Waals surface area (Å²) < 4.78 is 18.5. The largest absolute Gasteiger partial charge is 0.415 e. The third kappa shape index (κ3) is 18.9. The van der Waals surface area contributed by atoms with Crippen LogP contribution in [0.25, 0.3) is 0 Å². The minimum Gasteiger partial charge on any atom is -0.415 e. The van der Waals surface area contributed by atoms with Crippen molar-refractivity contribution in [2.45, 2.75) is 104 Å². The fraction of sp³-hybridized carbons (Fsp3) is 0.818. The maximum atomic E-state index is 6.33. The van der Waals surface area contributed by atoms with Crippen LogP contribution < -0.4 is 0 Å². The van der Waals surface area contributed by atoms with E-state index in [9.17, 15) is 0 Å². The lowest BCUT2D eigenvalue weighted by Gasteiger charge is -2.32. The molecule has 27 heavy (non-hydrogen) atoms. The van der Waals surface area contributed by atoms with Crippen molar-refractivity contribution in [2.24, 2.45) is 0 Å². The molecule has 0 aromatic carbocycles. The maximum absolute atomic E-state index is 6.33. The third-order valence-corrected chi connectivity index (χ3v) is 9.97. The van der Waals surface area contributed by atoms with Gasteiger partial charge in [0.25, 0.3) is 0 Å². The molecule has 3 nitrogen and oxygen atoms in total. The minimum atomic E-state index is -2.13. The molecule has 0 aliphatic heterocycles. The predicted octanol–water partition coefficient (Wildman–Crippen LogP) is 7.49. The molecule has 160 valence electrons. The summed E-state index contributed by atoms with van der Waals surface area (Å²) in [7, 11) is -4.25. The van der Waals surface area contributed by atoms with Gasteiger partial charge in [-0.15, -0.1) is 0 Å². The lowest BCUT2D eigenvalue weighted by molar-refractivity contribution is 0.199. The van der Waals surface area contributed by atoms with E-state index in [1.807, 2.05) is 0 Å². The molecule has 0 spiro atoms. The Balaban J connectivity index is 3.90. The van der Waals surface area contributed by atoms with E-state index in [0.717, 1.165) is 26.1 Å². The van der Waals surface area contributed by atoms with Crippen LogP contribution in [-0.4, -0.2) is 30.3 Å². The van der Waals surface area contributed by atoms with E-state index < -0.39 is 17.1 Å². The lowest BCUT2D eigenvalue weighted by atomic mass is 10.2. The molecule has 0 aliphatic carbocycles. The monoisotopic (exact) mass is 414 g/mol. The fourth-order valence-corrected chi connectivity index (χ4v) is 9.32. The Labute approximate surface area is 172 Å². The van der Waals surface area contributed by atoms with Crippen molar-refractivity contribution >= 4 is 17.1 Å². The van der Waals surface area contributed by atoms with Gasteiger partial charge in [0, 0.05) is 13.2 Å². The van der Waals surface area contributed by atoms with Gasteiger partial charge in [0.2, 0.25) is 0 Å². The van der Waals surface area contributed by atoms with Gasteiger partial charge < -0.3 is 13.0 Å². The Morgan fingerprint density at radius 2 is 0.926 bits per heavy atom. The molecule has 0 bridgehead atoms. The molecule has 0 fully saturated rings. The Morgan fingerprint density at radius 1 is 0.556 bits per heavy atom. The molecule has 0 aromatic heterocycles. The molecule has 0 saturated carbocycles. The van der Waals surface area contributed by atoms with Gasteiger partial charge in [-0.25, -0.2) is 0 Å². The van der Waals surface area contributed by atoms with Gasteiger partial charge in [0.05, 0.1) is 0 Å². The van der Waals surface area contributed by atoms with Crippen LogP contribution >= 0.6 is 0 Å². The van der Waals surface area contributed by atoms with Crippen molar-refractivity contribution in [3.05, 3.63) is 24.3 Å². The summed E-state index contributed by atoms with van der Waals surface area (Å²) in [6.07, 6.45) is 21.2. The molecule has 0 aromatic rings. The molecule has 0 heterocycles. The van der Waals surface area contributed by atoms with Gasteiger partial charge in [-0.2, -0.15) is 0 Å². The van der Waals surface area contributed by atoms with E-state index in [4.69, 9.17) is 13.0 Å². The van der Waals surface area contributed by atoms with Crippen molar-refractivity contribution in [3.63, 3.8) is 0 Å². The normalized spacial score (nSPS) is 13.3. The highest BCUT2D eigenvalue weighted by Gasteiger charge is 2.36. The number of hydrogen-bond donors (Lipinski definition) is 0. The zero-order chi connectivity index (χ0) is 20.4. The van der Waals surface area contributed by atoms with Gasteiger partial charge in [0.15, 0.2) is 0 Å². The second-order valence-electron chi connectivity index (χ2n) is 8.11. The first-order valence-electron chi connectivity index (χ1n) is 11.1. The summed E-state index contributed by atoms with van der Waals surface area (Å²) in [5.41, 5.74) is 0. The molecule has 0 N–H and O–H groups in total. The second kappa shape index (κ2) is 16.7. The summed E-state index contributed by atoms with van der Waals surface area (Å²) in [5, 5.41) is 0. The number of rotatable bonds is 18. The fourth-order valence-electron chi connectivity index (χ4n) is 2.89. The first-order chi connectivity index (χ1) is 12.8. The maximum Gasteiger partial charge on any atom is 0.322 e. The van der Waals surface area contributed by atoms with Gasteiger partial charge in [0.1, 0.15) is 0 Å². The molecule has 0 aliphatic rings. The Morgan fingerprint density at radius 3 is 1.30 bits per heavy atom. The standard InChI is InChI=1S/C22H46O3Si2/c1-7-9-11-13-15-17-19-21-23-26(3,4)25-27(5,6)24-22-20-18-16-14-12-10-8-2/h15-18H,7-14,19-22H2,1-6H3/b17-15-,18-16-. The molecule has 5 heteroatoms. The van der Waals surface area contributed by atoms with Gasteiger partial charge in [-0.05, 0) is 64.7 Å². The topological polar surface area (TPSA) is 27.7 Å². The molecule has 0 unspecified atom stereocenters. The zero-order valence-electron chi connectivity index (χ0n) is 19.0. The summed E-state index contributed by atoms with van der Waals surface area (Å²) in [6.45, 7) is 14.5. The van der Waals surface area contributed by atoms with Crippen LogP contribution in [0, 0.1) is 0 Å². The van der Waals surface area contributed by atoms with E-state index in [2.05, 4.69) is 64.3 Å². The number of unbranched alkanes of at least 4 members (excludes halogenated alkanes) is 6. The van der Waals surface area contributed by atoms with E-state index in [1.165, 1.54) is 51.4 Å². The summed E-state index contributed by atoms with van der Waals surface area (Å²) in [6, 6.07) is 0. The van der Waals surface area contributed by atoms with Gasteiger partial charge in [-0.3, -0.25) is 0 Å². The average Bonchev–Trinajstić information content (AvgIpc) is 2.58. The van der Waals surface area contributed by atoms with E-state index in [-0.39, 0.29) is 0 Å². The van der Waals surface area contributed by atoms with Crippen molar-refractivity contribution in [1.82, 2.24) is 0 Å². The summed E-state index contributed by atoms with van der Waals surface area (Å²) in [5.74, 6) is 0. The Hall–Kier alpha value is -0.206. The molecular formula is C22H46O3Si2. The van der Waals surface area contributed by atoms with Crippen molar-refractivity contribution < 1.29 is 13.0 Å². The van der Waals surface area contributed by atoms with Crippen LogP contribution in [0.5, 0.6) is 0 Å². The lowest BCUT2D eigenvalue weighted by Crippen LogP contribution is -2.48. The summed E-state index contributed by atoms with van der Waals surface area (Å²) >= 11 is 0. The van der Waals surface area contributed by atoms with Crippen LogP contribution in [-0.2, 0) is 13.0 Å². The predicted molar refractivity (Wildman–Crippen MR) is 124 cm³/mol. The highest BCUT2D eigenvalue weighted by molar-refractivity contribution is 6.78. The molecule has 0 saturated heterocycles. The average molecular weight is 415 g/mol. The third-order valence-electron chi connectivity index (χ3n) is 4.24. The quantitative estimate of drug-likeness (QED) is 0.132. The van der Waals surface area contributed by atoms with E-state index in [1.54, 1.807) is 0 Å². The van der Waals surface area contributed by atoms with Crippen LogP contribution in [0.15, 0.2) is 24.3 Å². The molecule has 0 rings (SSSR count). The number of hydrogen-bond acceptors (Lipinski definition) is 3. The smallest absolute Gasteiger partial charge is 0.322 e. The first kappa shape index (κ1) is 26.8. The molecule has 0 atom stereocenters. The van der Waals surface area contributed by atoms with Gasteiger partial charge >= 0.3 is 17.1 Å². The minimum absolute atomic E-state index is 0.745. The summed E-state index contributed by atoms with van der Waals surface area (Å²) in [4.78, 5) is 0. The second-order valence-corrected chi connectivity index (χ2v) is 15.1.